The lowest BCUT2D eigenvalue weighted by atomic mass is 10.2. The minimum absolute atomic E-state index is 0.255. The average molecular weight is 445 g/mol. The van der Waals surface area contributed by atoms with Gasteiger partial charge < -0.3 is 19.4 Å². The first-order chi connectivity index (χ1) is 14.8. The van der Waals surface area contributed by atoms with Crippen molar-refractivity contribution in [2.24, 2.45) is 0 Å². The monoisotopic (exact) mass is 444 g/mol. The molecule has 3 aromatic rings. The zero-order chi connectivity index (χ0) is 22.4. The van der Waals surface area contributed by atoms with Gasteiger partial charge in [0, 0.05) is 30.7 Å². The van der Waals surface area contributed by atoms with Crippen LogP contribution < -0.4 is 19.1 Å². The van der Waals surface area contributed by atoms with Crippen molar-refractivity contribution in [3.05, 3.63) is 66.7 Å². The third-order valence-corrected chi connectivity index (χ3v) is 5.70. The number of amides is 1. The largest absolute Gasteiger partial charge is 0.497 e. The summed E-state index contributed by atoms with van der Waals surface area (Å²) in [7, 11) is -0.815. The lowest BCUT2D eigenvalue weighted by Crippen LogP contribution is -2.40. The van der Waals surface area contributed by atoms with Crippen molar-refractivity contribution in [2.75, 3.05) is 31.3 Å². The maximum Gasteiger partial charge on any atom is 0.241 e. The summed E-state index contributed by atoms with van der Waals surface area (Å²) in [5, 5.41) is 2.76. The molecule has 1 N–H and O–H groups in total. The highest BCUT2D eigenvalue weighted by Crippen LogP contribution is 2.33. The summed E-state index contributed by atoms with van der Waals surface area (Å²) in [4.78, 5) is 16.5. The Labute approximate surface area is 181 Å². The summed E-state index contributed by atoms with van der Waals surface area (Å²) in [5.41, 5.74) is 2.08. The summed E-state index contributed by atoms with van der Waals surface area (Å²) in [5.74, 6) is 0.354. The number of nitrogens with zero attached hydrogens (tertiary/aromatic N) is 3. The van der Waals surface area contributed by atoms with Crippen molar-refractivity contribution < 1.29 is 22.7 Å². The van der Waals surface area contributed by atoms with E-state index in [2.05, 4.69) is 10.3 Å². The highest BCUT2D eigenvalue weighted by molar-refractivity contribution is 7.92. The Morgan fingerprint density at radius 1 is 1.13 bits per heavy atom. The lowest BCUT2D eigenvalue weighted by Gasteiger charge is -2.24. The second kappa shape index (κ2) is 9.52. The number of imidazole rings is 1. The van der Waals surface area contributed by atoms with Crippen LogP contribution in [0, 0.1) is 0 Å². The van der Waals surface area contributed by atoms with Crippen LogP contribution in [0.2, 0.25) is 0 Å². The van der Waals surface area contributed by atoms with Gasteiger partial charge in [0.15, 0.2) is 0 Å². The molecule has 0 radical (unpaired) electrons. The fraction of sp³-hybridized carbons (Fsp3) is 0.238. The second-order valence-electron chi connectivity index (χ2n) is 6.72. The first-order valence-electron chi connectivity index (χ1n) is 9.35. The number of methoxy groups -OCH3 is 2. The zero-order valence-electron chi connectivity index (χ0n) is 17.5. The molecule has 0 atom stereocenters. The maximum absolute atomic E-state index is 12.5. The molecule has 164 valence electrons. The molecule has 1 heterocycles. The Bertz CT molecular complexity index is 1130. The Hall–Kier alpha value is -3.53. The predicted molar refractivity (Wildman–Crippen MR) is 117 cm³/mol. The molecule has 10 heteroatoms. The van der Waals surface area contributed by atoms with Crippen LogP contribution in [-0.2, 0) is 21.4 Å². The number of rotatable bonds is 9. The van der Waals surface area contributed by atoms with Crippen LogP contribution in [0.5, 0.6) is 11.5 Å². The van der Waals surface area contributed by atoms with Gasteiger partial charge in [0.1, 0.15) is 18.0 Å². The van der Waals surface area contributed by atoms with Gasteiger partial charge in [-0.05, 0) is 29.8 Å². The number of ether oxygens (including phenoxy) is 2. The molecule has 0 aliphatic rings. The van der Waals surface area contributed by atoms with Crippen LogP contribution in [0.3, 0.4) is 0 Å². The van der Waals surface area contributed by atoms with Gasteiger partial charge in [-0.3, -0.25) is 9.10 Å². The predicted octanol–water partition coefficient (Wildman–Crippen LogP) is 1.97. The van der Waals surface area contributed by atoms with Crippen molar-refractivity contribution in [3.8, 4) is 17.2 Å². The third-order valence-electron chi connectivity index (χ3n) is 4.57. The second-order valence-corrected chi connectivity index (χ2v) is 8.63. The van der Waals surface area contributed by atoms with Crippen molar-refractivity contribution in [2.45, 2.75) is 6.54 Å². The molecule has 0 saturated heterocycles. The van der Waals surface area contributed by atoms with Gasteiger partial charge in [0.05, 0.1) is 32.5 Å². The number of benzene rings is 2. The van der Waals surface area contributed by atoms with Crippen LogP contribution in [0.25, 0.3) is 5.69 Å². The normalized spacial score (nSPS) is 11.1. The molecule has 0 aliphatic carbocycles. The fourth-order valence-electron chi connectivity index (χ4n) is 2.96. The highest BCUT2D eigenvalue weighted by Gasteiger charge is 2.24. The molecule has 0 unspecified atom stereocenters. The SMILES string of the molecule is COc1ccc(N(CC(=O)NCc2ccc(-n3ccnc3)cc2)S(C)(=O)=O)c(OC)c1. The van der Waals surface area contributed by atoms with Crippen molar-refractivity contribution in [3.63, 3.8) is 0 Å². The quantitative estimate of drug-likeness (QED) is 0.541. The molecule has 1 aromatic heterocycles. The molecule has 3 rings (SSSR count). The number of aromatic nitrogens is 2. The molecular weight excluding hydrogens is 420 g/mol. The zero-order valence-corrected chi connectivity index (χ0v) is 18.3. The highest BCUT2D eigenvalue weighted by atomic mass is 32.2. The first-order valence-corrected chi connectivity index (χ1v) is 11.2. The topological polar surface area (TPSA) is 103 Å². The first kappa shape index (κ1) is 22.2. The van der Waals surface area contributed by atoms with Gasteiger partial charge in [0.2, 0.25) is 15.9 Å². The van der Waals surface area contributed by atoms with E-state index < -0.39 is 15.9 Å². The van der Waals surface area contributed by atoms with Gasteiger partial charge in [-0.15, -0.1) is 0 Å². The molecular formula is C21H24N4O5S. The van der Waals surface area contributed by atoms with E-state index in [4.69, 9.17) is 9.47 Å². The van der Waals surface area contributed by atoms with Crippen molar-refractivity contribution in [1.82, 2.24) is 14.9 Å². The van der Waals surface area contributed by atoms with Crippen molar-refractivity contribution in [1.29, 1.82) is 0 Å². The Balaban J connectivity index is 1.69. The van der Waals surface area contributed by atoms with Gasteiger partial charge in [-0.25, -0.2) is 13.4 Å². The van der Waals surface area contributed by atoms with Crippen LogP contribution in [0.4, 0.5) is 5.69 Å². The minimum atomic E-state index is -3.74. The lowest BCUT2D eigenvalue weighted by molar-refractivity contribution is -0.119. The van der Waals surface area contributed by atoms with Crippen LogP contribution in [0.1, 0.15) is 5.56 Å². The molecule has 0 bridgehead atoms. The molecule has 0 aliphatic heterocycles. The number of hydrogen-bond acceptors (Lipinski definition) is 6. The molecule has 9 nitrogen and oxygen atoms in total. The van der Waals surface area contributed by atoms with Crippen molar-refractivity contribution >= 4 is 21.6 Å². The number of carbonyl (C=O) groups is 1. The molecule has 0 saturated carbocycles. The van der Waals surface area contributed by atoms with Gasteiger partial charge >= 0.3 is 0 Å². The van der Waals surface area contributed by atoms with Gasteiger partial charge in [0.25, 0.3) is 0 Å². The van der Waals surface area contributed by atoms with Gasteiger partial charge in [-0.2, -0.15) is 0 Å². The maximum atomic E-state index is 12.5. The van der Waals surface area contributed by atoms with Crippen LogP contribution >= 0.6 is 0 Å². The number of sulfonamides is 1. The van der Waals surface area contributed by atoms with E-state index >= 15 is 0 Å². The summed E-state index contributed by atoms with van der Waals surface area (Å²) in [6, 6.07) is 12.3. The minimum Gasteiger partial charge on any atom is -0.497 e. The van der Waals surface area contributed by atoms with Crippen LogP contribution in [0.15, 0.2) is 61.2 Å². The molecule has 0 spiro atoms. The van der Waals surface area contributed by atoms with Gasteiger partial charge in [-0.1, -0.05) is 12.1 Å². The molecule has 0 fully saturated rings. The summed E-state index contributed by atoms with van der Waals surface area (Å²) >= 11 is 0. The van der Waals surface area contributed by atoms with E-state index in [-0.39, 0.29) is 24.5 Å². The molecule has 2 aromatic carbocycles. The number of anilines is 1. The number of nitrogens with one attached hydrogen (secondary N) is 1. The number of carbonyl (C=O) groups excluding carboxylic acids is 1. The summed E-state index contributed by atoms with van der Waals surface area (Å²) in [6.45, 7) is -0.116. The summed E-state index contributed by atoms with van der Waals surface area (Å²) in [6.07, 6.45) is 6.27. The Morgan fingerprint density at radius 3 is 2.45 bits per heavy atom. The fourth-order valence-corrected chi connectivity index (χ4v) is 3.82. The summed E-state index contributed by atoms with van der Waals surface area (Å²) < 4.78 is 38.0. The Morgan fingerprint density at radius 2 is 1.87 bits per heavy atom. The molecule has 1 amide bonds. The number of hydrogen-bond donors (Lipinski definition) is 1. The third kappa shape index (κ3) is 5.54. The van der Waals surface area contributed by atoms with E-state index in [9.17, 15) is 13.2 Å². The molecule has 31 heavy (non-hydrogen) atoms. The Kier molecular flexibility index (Phi) is 6.81. The van der Waals surface area contributed by atoms with E-state index in [0.29, 0.717) is 5.75 Å². The van der Waals surface area contributed by atoms with E-state index in [1.807, 2.05) is 35.0 Å². The smallest absolute Gasteiger partial charge is 0.241 e. The van der Waals surface area contributed by atoms with E-state index in [1.165, 1.54) is 14.2 Å². The van der Waals surface area contributed by atoms with E-state index in [0.717, 1.165) is 21.8 Å². The van der Waals surface area contributed by atoms with Crippen LogP contribution in [-0.4, -0.2) is 50.9 Å². The average Bonchev–Trinajstić information content (AvgIpc) is 3.30. The standard InChI is InChI=1S/C21H24N4O5S/c1-29-18-8-9-19(20(12-18)30-2)25(31(3,27)28)14-21(26)23-13-16-4-6-17(7-5-16)24-11-10-22-15-24/h4-12,15H,13-14H2,1-3H3,(H,23,26). The van der Waals surface area contributed by atoms with E-state index in [1.54, 1.807) is 30.7 Å².